The molecule has 1 spiro atoms. The molecule has 2 fully saturated rings. The Morgan fingerprint density at radius 3 is 3.04 bits per heavy atom. The second-order valence-electron chi connectivity index (χ2n) is 7.89. The largest absolute Gasteiger partial charge is 0.504 e. The van der Waals surface area contributed by atoms with Gasteiger partial charge in [0.05, 0.1) is 11.0 Å². The molecular weight excluding hydrogens is 318 g/mol. The maximum Gasteiger partial charge on any atom is 0.174 e. The molecule has 2 aliphatic carbocycles. The van der Waals surface area contributed by atoms with Crippen molar-refractivity contribution in [2.45, 2.75) is 55.3 Å². The third-order valence-electron chi connectivity index (χ3n) is 6.99. The summed E-state index contributed by atoms with van der Waals surface area (Å²) in [6, 6.07) is 3.56. The van der Waals surface area contributed by atoms with Gasteiger partial charge >= 0.3 is 0 Å². The smallest absolute Gasteiger partial charge is 0.174 e. The number of benzene rings is 1. The van der Waals surface area contributed by atoms with Crippen LogP contribution >= 0.6 is 0 Å². The summed E-state index contributed by atoms with van der Waals surface area (Å²) >= 11 is 0. The molecule has 25 heavy (non-hydrogen) atoms. The van der Waals surface area contributed by atoms with Crippen LogP contribution in [-0.2, 0) is 16.6 Å². The maximum absolute atomic E-state index is 12.7. The Morgan fingerprint density at radius 1 is 1.40 bits per heavy atom. The number of likely N-dealkylation sites (tertiary alicyclic amines) is 1. The molecule has 1 aromatic carbocycles. The maximum atomic E-state index is 12.7. The van der Waals surface area contributed by atoms with Gasteiger partial charge in [0.15, 0.2) is 23.4 Å². The van der Waals surface area contributed by atoms with E-state index in [1.54, 1.807) is 6.07 Å². The van der Waals surface area contributed by atoms with Gasteiger partial charge in [0, 0.05) is 24.6 Å². The minimum absolute atomic E-state index is 0.0246. The molecule has 2 bridgehead atoms. The van der Waals surface area contributed by atoms with Crippen LogP contribution in [0.1, 0.15) is 36.8 Å². The van der Waals surface area contributed by atoms with Gasteiger partial charge in [-0.3, -0.25) is 9.69 Å². The Morgan fingerprint density at radius 2 is 2.24 bits per heavy atom. The fourth-order valence-corrected chi connectivity index (χ4v) is 5.94. The van der Waals surface area contributed by atoms with Crippen molar-refractivity contribution < 1.29 is 19.7 Å². The lowest BCUT2D eigenvalue weighted by molar-refractivity contribution is -0.188. The number of piperidine rings is 1. The van der Waals surface area contributed by atoms with Crippen LogP contribution in [0.25, 0.3) is 0 Å². The number of rotatable bonds is 3. The van der Waals surface area contributed by atoms with Crippen LogP contribution in [0.5, 0.6) is 11.5 Å². The van der Waals surface area contributed by atoms with Crippen molar-refractivity contribution in [1.29, 1.82) is 0 Å². The molecule has 4 aliphatic rings. The summed E-state index contributed by atoms with van der Waals surface area (Å²) in [5.41, 5.74) is 0.298. The molecule has 132 valence electrons. The standard InChI is InChI=1S/C20H23NO4/c1-2-3-9-21-10-8-19-16-12-4-5-13(22)17(16)25-18(19)14(23)6-7-20(19,24)15(21)11-12/h2,4-5,15,18,22,24H,1,3,6-11H2/t15-,18-,19+,20-/m1/s1. The van der Waals surface area contributed by atoms with Crippen molar-refractivity contribution >= 4 is 5.78 Å². The number of hydrogen-bond donors (Lipinski definition) is 2. The molecule has 0 aromatic heterocycles. The van der Waals surface area contributed by atoms with Crippen LogP contribution < -0.4 is 4.74 Å². The monoisotopic (exact) mass is 341 g/mol. The molecule has 1 saturated carbocycles. The Bertz CT molecular complexity index is 790. The molecule has 0 amide bonds. The highest BCUT2D eigenvalue weighted by Gasteiger charge is 2.73. The molecule has 1 aromatic rings. The molecule has 0 radical (unpaired) electrons. The molecule has 5 heteroatoms. The number of carbonyl (C=O) groups excluding carboxylic acids is 1. The molecule has 2 aliphatic heterocycles. The summed E-state index contributed by atoms with van der Waals surface area (Å²) < 4.78 is 6.01. The van der Waals surface area contributed by atoms with Crippen LogP contribution in [0.2, 0.25) is 0 Å². The number of nitrogens with zero attached hydrogens (tertiary/aromatic N) is 1. The van der Waals surface area contributed by atoms with E-state index in [4.69, 9.17) is 4.74 Å². The minimum Gasteiger partial charge on any atom is -0.504 e. The SMILES string of the molecule is C=CCCN1CC[C@]23c4c5ccc(O)c4O[C@@H]2C(=O)CC[C@@]3(O)[C@H]1C5. The first-order valence-electron chi connectivity index (χ1n) is 9.15. The normalized spacial score (nSPS) is 38.2. The predicted octanol–water partition coefficient (Wildman–Crippen LogP) is 1.69. The van der Waals surface area contributed by atoms with E-state index in [-0.39, 0.29) is 17.6 Å². The highest BCUT2D eigenvalue weighted by Crippen LogP contribution is 2.64. The summed E-state index contributed by atoms with van der Waals surface area (Å²) in [7, 11) is 0. The number of aliphatic hydroxyl groups is 1. The van der Waals surface area contributed by atoms with Crippen LogP contribution in [0.3, 0.4) is 0 Å². The number of ketones is 1. The Kier molecular flexibility index (Phi) is 3.00. The third-order valence-corrected chi connectivity index (χ3v) is 6.99. The zero-order valence-corrected chi connectivity index (χ0v) is 14.2. The van der Waals surface area contributed by atoms with E-state index < -0.39 is 17.1 Å². The van der Waals surface area contributed by atoms with Gasteiger partial charge < -0.3 is 14.9 Å². The lowest BCUT2D eigenvalue weighted by Crippen LogP contribution is -2.76. The van der Waals surface area contributed by atoms with E-state index in [0.29, 0.717) is 25.0 Å². The molecule has 4 atom stereocenters. The Balaban J connectivity index is 1.73. The van der Waals surface area contributed by atoms with Crippen LogP contribution in [0, 0.1) is 0 Å². The van der Waals surface area contributed by atoms with Crippen molar-refractivity contribution in [1.82, 2.24) is 4.90 Å². The summed E-state index contributed by atoms with van der Waals surface area (Å²) in [5, 5.41) is 22.2. The molecule has 2 N–H and O–H groups in total. The molecule has 0 unspecified atom stereocenters. The second-order valence-corrected chi connectivity index (χ2v) is 7.89. The number of carbonyl (C=O) groups is 1. The first kappa shape index (κ1) is 15.4. The van der Waals surface area contributed by atoms with Gasteiger partial charge in [-0.25, -0.2) is 0 Å². The number of hydrogen-bond acceptors (Lipinski definition) is 5. The summed E-state index contributed by atoms with van der Waals surface area (Å²) in [5.74, 6) is 0.547. The summed E-state index contributed by atoms with van der Waals surface area (Å²) in [4.78, 5) is 15.0. The number of phenolic OH excluding ortho intramolecular Hbond substituents is 1. The fourth-order valence-electron chi connectivity index (χ4n) is 5.94. The molecule has 1 saturated heterocycles. The number of aromatic hydroxyl groups is 1. The van der Waals surface area contributed by atoms with Crippen molar-refractivity contribution in [3.05, 3.63) is 35.9 Å². The van der Waals surface area contributed by atoms with E-state index in [2.05, 4.69) is 11.5 Å². The van der Waals surface area contributed by atoms with Crippen LogP contribution in [0.15, 0.2) is 24.8 Å². The van der Waals surface area contributed by atoms with Gasteiger partial charge in [-0.05, 0) is 43.9 Å². The molecular formula is C20H23NO4. The van der Waals surface area contributed by atoms with Gasteiger partial charge in [-0.15, -0.1) is 6.58 Å². The van der Waals surface area contributed by atoms with E-state index >= 15 is 0 Å². The minimum atomic E-state index is -0.989. The quantitative estimate of drug-likeness (QED) is 0.819. The fraction of sp³-hybridized carbons (Fsp3) is 0.550. The predicted molar refractivity (Wildman–Crippen MR) is 91.9 cm³/mol. The van der Waals surface area contributed by atoms with Crippen molar-refractivity contribution in [2.24, 2.45) is 0 Å². The average Bonchev–Trinajstić information content (AvgIpc) is 2.95. The number of ether oxygens (including phenoxy) is 1. The van der Waals surface area contributed by atoms with Crippen molar-refractivity contribution in [3.63, 3.8) is 0 Å². The summed E-state index contributed by atoms with van der Waals surface area (Å²) in [6.07, 6.45) is 4.32. The highest BCUT2D eigenvalue weighted by molar-refractivity contribution is 5.90. The first-order chi connectivity index (χ1) is 12.0. The average molecular weight is 341 g/mol. The number of phenols is 1. The third kappa shape index (κ3) is 1.64. The summed E-state index contributed by atoms with van der Waals surface area (Å²) in [6.45, 7) is 5.51. The Labute approximate surface area is 146 Å². The molecule has 5 rings (SSSR count). The lowest BCUT2D eigenvalue weighted by Gasteiger charge is -2.62. The number of Topliss-reactive ketones (excluding diaryl/α,β-unsaturated/α-hetero) is 1. The van der Waals surface area contributed by atoms with Gasteiger partial charge in [-0.1, -0.05) is 12.1 Å². The van der Waals surface area contributed by atoms with Crippen molar-refractivity contribution in [2.75, 3.05) is 13.1 Å². The van der Waals surface area contributed by atoms with E-state index in [9.17, 15) is 15.0 Å². The second kappa shape index (κ2) is 4.86. The molecule has 5 nitrogen and oxygen atoms in total. The van der Waals surface area contributed by atoms with Crippen LogP contribution in [0.4, 0.5) is 0 Å². The lowest BCUT2D eigenvalue weighted by atomic mass is 9.49. The van der Waals surface area contributed by atoms with Gasteiger partial charge in [-0.2, -0.15) is 0 Å². The Hall–Kier alpha value is -1.85. The van der Waals surface area contributed by atoms with Gasteiger partial charge in [0.2, 0.25) is 0 Å². The topological polar surface area (TPSA) is 70.0 Å². The van der Waals surface area contributed by atoms with Crippen molar-refractivity contribution in [3.8, 4) is 11.5 Å². The zero-order valence-electron chi connectivity index (χ0n) is 14.2. The zero-order chi connectivity index (χ0) is 17.4. The van der Waals surface area contributed by atoms with Crippen LogP contribution in [-0.4, -0.2) is 51.7 Å². The van der Waals surface area contributed by atoms with E-state index in [0.717, 1.165) is 37.1 Å². The van der Waals surface area contributed by atoms with Gasteiger partial charge in [0.25, 0.3) is 0 Å². The molecule has 2 heterocycles. The highest BCUT2D eigenvalue weighted by atomic mass is 16.5. The first-order valence-corrected chi connectivity index (χ1v) is 9.15. The van der Waals surface area contributed by atoms with E-state index in [1.165, 1.54) is 0 Å². The van der Waals surface area contributed by atoms with E-state index in [1.807, 2.05) is 12.1 Å². The van der Waals surface area contributed by atoms with Gasteiger partial charge in [0.1, 0.15) is 0 Å².